The second-order valence-electron chi connectivity index (χ2n) is 3.19. The van der Waals surface area contributed by atoms with Gasteiger partial charge in [0.15, 0.2) is 0 Å². The molecule has 0 aromatic rings. The Morgan fingerprint density at radius 1 is 1.22 bits per heavy atom. The van der Waals surface area contributed by atoms with Gasteiger partial charge in [-0.3, -0.25) is 0 Å². The van der Waals surface area contributed by atoms with Crippen LogP contribution in [0.5, 0.6) is 0 Å². The van der Waals surface area contributed by atoms with Crippen LogP contribution in [-0.2, 0) is 4.74 Å². The van der Waals surface area contributed by atoms with E-state index in [0.29, 0.717) is 5.60 Å². The summed E-state index contributed by atoms with van der Waals surface area (Å²) in [5.41, 5.74) is 0.333. The van der Waals surface area contributed by atoms with Gasteiger partial charge < -0.3 is 4.74 Å². The van der Waals surface area contributed by atoms with Crippen LogP contribution in [0.2, 0.25) is 0 Å². The molecule has 0 aromatic heterocycles. The minimum absolute atomic E-state index is 0.333. The molecule has 1 saturated heterocycles. The fraction of sp³-hybridized carbons (Fsp3) is 0.875. The lowest BCUT2D eigenvalue weighted by atomic mass is 9.99. The summed E-state index contributed by atoms with van der Waals surface area (Å²) in [5, 5.41) is 0. The predicted molar refractivity (Wildman–Crippen MR) is 36.1 cm³/mol. The van der Waals surface area contributed by atoms with Gasteiger partial charge >= 0.3 is 0 Å². The highest BCUT2D eigenvalue weighted by molar-refractivity contribution is 4.95. The summed E-state index contributed by atoms with van der Waals surface area (Å²) in [6, 6.07) is 0. The van der Waals surface area contributed by atoms with Crippen LogP contribution in [0.4, 0.5) is 0 Å². The van der Waals surface area contributed by atoms with Gasteiger partial charge in [-0.25, -0.2) is 0 Å². The van der Waals surface area contributed by atoms with Crippen molar-refractivity contribution in [2.75, 3.05) is 6.61 Å². The van der Waals surface area contributed by atoms with Crippen LogP contribution in [0.25, 0.3) is 0 Å². The number of hydrogen-bond donors (Lipinski definition) is 0. The fourth-order valence-corrected chi connectivity index (χ4v) is 1.98. The summed E-state index contributed by atoms with van der Waals surface area (Å²) in [7, 11) is 0. The highest BCUT2D eigenvalue weighted by Crippen LogP contribution is 2.40. The van der Waals surface area contributed by atoms with Gasteiger partial charge in [0.05, 0.1) is 12.2 Å². The topological polar surface area (TPSA) is 9.23 Å². The van der Waals surface area contributed by atoms with Crippen molar-refractivity contribution in [1.82, 2.24) is 0 Å². The largest absolute Gasteiger partial charge is 0.375 e. The van der Waals surface area contributed by atoms with Gasteiger partial charge in [-0.15, -0.1) is 0 Å². The molecule has 9 heavy (non-hydrogen) atoms. The van der Waals surface area contributed by atoms with Gasteiger partial charge in [0.1, 0.15) is 0 Å². The first kappa shape index (κ1) is 5.72. The molecule has 0 bridgehead atoms. The molecule has 1 heteroatoms. The van der Waals surface area contributed by atoms with Crippen molar-refractivity contribution in [2.24, 2.45) is 0 Å². The molecule has 1 radical (unpaired) electrons. The average Bonchev–Trinajstić information content (AvgIpc) is 2.45. The zero-order valence-corrected chi connectivity index (χ0v) is 5.73. The Morgan fingerprint density at radius 3 is 2.56 bits per heavy atom. The number of rotatable bonds is 0. The Kier molecular flexibility index (Phi) is 1.26. The van der Waals surface area contributed by atoms with Crippen molar-refractivity contribution in [3.05, 3.63) is 6.42 Å². The first-order chi connectivity index (χ1) is 4.41. The maximum Gasteiger partial charge on any atom is 0.0686 e. The molecule has 0 amide bonds. The summed E-state index contributed by atoms with van der Waals surface area (Å²) >= 11 is 0. The normalized spacial score (nSPS) is 32.0. The van der Waals surface area contributed by atoms with Crippen molar-refractivity contribution >= 4 is 0 Å². The first-order valence-electron chi connectivity index (χ1n) is 3.87. The van der Waals surface area contributed by atoms with E-state index in [9.17, 15) is 0 Å². The van der Waals surface area contributed by atoms with E-state index >= 15 is 0 Å². The molecule has 1 spiro atoms. The molecule has 2 aliphatic rings. The molecule has 0 aromatic carbocycles. The first-order valence-corrected chi connectivity index (χ1v) is 3.87. The van der Waals surface area contributed by atoms with Crippen LogP contribution in [0.3, 0.4) is 0 Å². The molecule has 1 aliphatic heterocycles. The number of hydrogen-bond acceptors (Lipinski definition) is 1. The van der Waals surface area contributed by atoms with Crippen LogP contribution in [0.15, 0.2) is 0 Å². The van der Waals surface area contributed by atoms with Crippen LogP contribution < -0.4 is 0 Å². The summed E-state index contributed by atoms with van der Waals surface area (Å²) in [4.78, 5) is 0. The molecular weight excluding hydrogens is 112 g/mol. The molecule has 2 fully saturated rings. The summed E-state index contributed by atoms with van der Waals surface area (Å²) in [6.45, 7) is 0.903. The molecular formula is C8H13O. The van der Waals surface area contributed by atoms with Gasteiger partial charge in [-0.2, -0.15) is 0 Å². The lowest BCUT2D eigenvalue weighted by molar-refractivity contribution is 0.0112. The molecule has 1 aliphatic carbocycles. The highest BCUT2D eigenvalue weighted by atomic mass is 16.5. The van der Waals surface area contributed by atoms with Crippen molar-refractivity contribution in [3.8, 4) is 0 Å². The zero-order valence-electron chi connectivity index (χ0n) is 5.73. The number of ether oxygens (including phenoxy) is 1. The maximum atomic E-state index is 5.65. The smallest absolute Gasteiger partial charge is 0.0686 e. The summed E-state index contributed by atoms with van der Waals surface area (Å²) in [6.07, 6.45) is 8.87. The SMILES string of the molecule is [CH]1COC2(C1)CCCC2. The van der Waals surface area contributed by atoms with Crippen LogP contribution in [-0.4, -0.2) is 12.2 Å². The third-order valence-corrected chi connectivity index (χ3v) is 2.54. The fourth-order valence-electron chi connectivity index (χ4n) is 1.98. The molecule has 2 rings (SSSR count). The van der Waals surface area contributed by atoms with E-state index in [1.165, 1.54) is 32.1 Å². The van der Waals surface area contributed by atoms with E-state index < -0.39 is 0 Å². The van der Waals surface area contributed by atoms with E-state index in [-0.39, 0.29) is 0 Å². The van der Waals surface area contributed by atoms with Gasteiger partial charge in [0, 0.05) is 0 Å². The highest BCUT2D eigenvalue weighted by Gasteiger charge is 2.37. The minimum atomic E-state index is 0.333. The van der Waals surface area contributed by atoms with Crippen LogP contribution in [0.1, 0.15) is 32.1 Å². The minimum Gasteiger partial charge on any atom is -0.375 e. The van der Waals surface area contributed by atoms with E-state index in [1.807, 2.05) is 0 Å². The molecule has 0 atom stereocenters. The van der Waals surface area contributed by atoms with E-state index in [0.717, 1.165) is 6.61 Å². The van der Waals surface area contributed by atoms with E-state index in [2.05, 4.69) is 6.42 Å². The quantitative estimate of drug-likeness (QED) is 0.480. The molecule has 0 unspecified atom stereocenters. The van der Waals surface area contributed by atoms with E-state index in [1.54, 1.807) is 0 Å². The maximum absolute atomic E-state index is 5.65. The second-order valence-corrected chi connectivity index (χ2v) is 3.19. The van der Waals surface area contributed by atoms with E-state index in [4.69, 9.17) is 4.74 Å². The molecule has 1 nitrogen and oxygen atoms in total. The summed E-state index contributed by atoms with van der Waals surface area (Å²) < 4.78 is 5.65. The predicted octanol–water partition coefficient (Wildman–Crippen LogP) is 1.92. The Morgan fingerprint density at radius 2 is 2.00 bits per heavy atom. The van der Waals surface area contributed by atoms with Crippen LogP contribution in [0, 0.1) is 6.42 Å². The molecule has 1 saturated carbocycles. The van der Waals surface area contributed by atoms with Crippen molar-refractivity contribution in [1.29, 1.82) is 0 Å². The van der Waals surface area contributed by atoms with Crippen molar-refractivity contribution in [2.45, 2.75) is 37.7 Å². The third-order valence-electron chi connectivity index (χ3n) is 2.54. The van der Waals surface area contributed by atoms with Crippen molar-refractivity contribution < 1.29 is 4.74 Å². The Balaban J connectivity index is 2.04. The van der Waals surface area contributed by atoms with Crippen LogP contribution >= 0.6 is 0 Å². The Hall–Kier alpha value is -0.0400. The Labute approximate surface area is 56.4 Å². The van der Waals surface area contributed by atoms with Gasteiger partial charge in [-0.05, 0) is 25.7 Å². The Bertz CT molecular complexity index is 79.6. The third kappa shape index (κ3) is 0.877. The van der Waals surface area contributed by atoms with Gasteiger partial charge in [-0.1, -0.05) is 12.8 Å². The standard InChI is InChI=1S/C8H13O/c1-2-5-8(4-1)6-3-7-9-8/h3H,1-2,4-7H2. The lowest BCUT2D eigenvalue weighted by Crippen LogP contribution is -2.22. The van der Waals surface area contributed by atoms with Gasteiger partial charge in [0.25, 0.3) is 0 Å². The molecule has 1 heterocycles. The average molecular weight is 125 g/mol. The lowest BCUT2D eigenvalue weighted by Gasteiger charge is -2.20. The molecule has 51 valence electrons. The van der Waals surface area contributed by atoms with Crippen molar-refractivity contribution in [3.63, 3.8) is 0 Å². The van der Waals surface area contributed by atoms with Gasteiger partial charge in [0.2, 0.25) is 0 Å². The monoisotopic (exact) mass is 125 g/mol. The second kappa shape index (κ2) is 1.98. The molecule has 0 N–H and O–H groups in total. The summed E-state index contributed by atoms with van der Waals surface area (Å²) in [5.74, 6) is 0. The zero-order chi connectivity index (χ0) is 6.16.